The van der Waals surface area contributed by atoms with Crippen LogP contribution in [0.25, 0.3) is 0 Å². The van der Waals surface area contributed by atoms with Crippen molar-refractivity contribution in [1.82, 2.24) is 15.2 Å². The smallest absolute Gasteiger partial charge is 0.411 e. The molecule has 154 valence electrons. The fraction of sp³-hybridized carbons (Fsp3) is 0.632. The van der Waals surface area contributed by atoms with E-state index >= 15 is 0 Å². The number of aliphatic carboxylic acids is 1. The summed E-state index contributed by atoms with van der Waals surface area (Å²) in [5, 5.41) is 13.0. The molecule has 0 radical (unpaired) electrons. The topological polar surface area (TPSA) is 110 Å². The Hall–Kier alpha value is -2.55. The van der Waals surface area contributed by atoms with Gasteiger partial charge in [-0.1, -0.05) is 0 Å². The van der Waals surface area contributed by atoms with Crippen LogP contribution in [-0.2, 0) is 16.1 Å². The number of rotatable bonds is 4. The predicted molar refractivity (Wildman–Crippen MR) is 99.5 cm³/mol. The number of likely N-dealkylation sites (tertiary alicyclic amines) is 1. The van der Waals surface area contributed by atoms with Gasteiger partial charge in [-0.05, 0) is 34.1 Å². The molecule has 0 aliphatic carbocycles. The van der Waals surface area contributed by atoms with Gasteiger partial charge in [0.2, 0.25) is 0 Å². The van der Waals surface area contributed by atoms with Crippen molar-refractivity contribution in [2.45, 2.75) is 57.8 Å². The first-order valence-corrected chi connectivity index (χ1v) is 9.30. The van der Waals surface area contributed by atoms with Gasteiger partial charge in [-0.2, -0.15) is 0 Å². The van der Waals surface area contributed by atoms with Crippen molar-refractivity contribution in [2.75, 3.05) is 19.8 Å². The maximum atomic E-state index is 12.5. The maximum absolute atomic E-state index is 12.5. The van der Waals surface area contributed by atoms with Crippen molar-refractivity contribution < 1.29 is 28.9 Å². The second-order valence-electron chi connectivity index (χ2n) is 8.27. The molecule has 0 aromatic carbocycles. The first kappa shape index (κ1) is 20.2. The number of carboxylic acid groups (broad SMARTS) is 1. The summed E-state index contributed by atoms with van der Waals surface area (Å²) in [5.74, 6) is 0.209. The molecule has 2 N–H and O–H groups in total. The van der Waals surface area contributed by atoms with E-state index in [0.29, 0.717) is 31.3 Å². The number of nitrogens with one attached hydrogen (secondary N) is 1. The number of carbonyl (C=O) groups is 2. The van der Waals surface area contributed by atoms with Gasteiger partial charge in [-0.25, -0.2) is 9.59 Å². The lowest BCUT2D eigenvalue weighted by Crippen LogP contribution is -2.52. The summed E-state index contributed by atoms with van der Waals surface area (Å²) in [4.78, 5) is 30.0. The number of pyridine rings is 1. The maximum Gasteiger partial charge on any atom is 0.411 e. The molecular formula is C19H27N3O6. The normalized spacial score (nSPS) is 24.1. The van der Waals surface area contributed by atoms with Gasteiger partial charge in [-0.3, -0.25) is 9.88 Å². The molecule has 9 heteroatoms. The summed E-state index contributed by atoms with van der Waals surface area (Å²) in [6, 6.07) is 1.60. The zero-order chi connectivity index (χ0) is 20.5. The van der Waals surface area contributed by atoms with E-state index in [9.17, 15) is 14.7 Å². The molecule has 0 saturated carbocycles. The van der Waals surface area contributed by atoms with Crippen molar-refractivity contribution in [3.8, 4) is 11.5 Å². The Morgan fingerprint density at radius 1 is 1.36 bits per heavy atom. The lowest BCUT2D eigenvalue weighted by molar-refractivity contribution is -0.148. The third-order valence-electron chi connectivity index (χ3n) is 4.78. The first-order valence-electron chi connectivity index (χ1n) is 9.30. The number of nitrogens with zero attached hydrogens (tertiary/aromatic N) is 2. The summed E-state index contributed by atoms with van der Waals surface area (Å²) in [6.07, 6.45) is 1.26. The Morgan fingerprint density at radius 3 is 2.68 bits per heavy atom. The Labute approximate surface area is 164 Å². The molecule has 2 aliphatic heterocycles. The number of amides is 1. The van der Waals surface area contributed by atoms with E-state index in [1.165, 1.54) is 4.90 Å². The monoisotopic (exact) mass is 393 g/mol. The summed E-state index contributed by atoms with van der Waals surface area (Å²) in [6.45, 7) is 8.45. The van der Waals surface area contributed by atoms with Crippen LogP contribution in [0.5, 0.6) is 11.5 Å². The third kappa shape index (κ3) is 4.30. The Balaban J connectivity index is 1.66. The molecule has 0 unspecified atom stereocenters. The van der Waals surface area contributed by atoms with Crippen LogP contribution in [0.4, 0.5) is 4.79 Å². The fourth-order valence-corrected chi connectivity index (χ4v) is 3.34. The number of carboxylic acids is 1. The quantitative estimate of drug-likeness (QED) is 0.797. The minimum Gasteiger partial charge on any atom is -0.486 e. The Kier molecular flexibility index (Phi) is 5.38. The lowest BCUT2D eigenvalue weighted by atomic mass is 9.98. The zero-order valence-electron chi connectivity index (χ0n) is 16.7. The van der Waals surface area contributed by atoms with E-state index in [-0.39, 0.29) is 19.0 Å². The molecule has 28 heavy (non-hydrogen) atoms. The SMILES string of the molecule is CC(C)(C)OC(=O)N1C[C@H](NCc2cc3c(cn2)OCCO3)C[C@@]1(C)C(=O)O. The van der Waals surface area contributed by atoms with E-state index in [0.717, 1.165) is 5.69 Å². The fourth-order valence-electron chi connectivity index (χ4n) is 3.34. The number of ether oxygens (including phenoxy) is 3. The van der Waals surface area contributed by atoms with Crippen LogP contribution in [0.1, 0.15) is 39.8 Å². The van der Waals surface area contributed by atoms with Crippen LogP contribution < -0.4 is 14.8 Å². The highest BCUT2D eigenvalue weighted by Gasteiger charge is 2.51. The van der Waals surface area contributed by atoms with Crippen LogP contribution in [0, 0.1) is 0 Å². The van der Waals surface area contributed by atoms with Crippen molar-refractivity contribution in [3.63, 3.8) is 0 Å². The molecule has 3 rings (SSSR count). The molecule has 2 atom stereocenters. The minimum atomic E-state index is -1.33. The van der Waals surface area contributed by atoms with Crippen molar-refractivity contribution >= 4 is 12.1 Å². The molecule has 1 saturated heterocycles. The first-order chi connectivity index (χ1) is 13.1. The number of hydrogen-bond donors (Lipinski definition) is 2. The molecule has 0 bridgehead atoms. The predicted octanol–water partition coefficient (Wildman–Crippen LogP) is 1.80. The number of carbonyl (C=O) groups excluding carboxylic acids is 1. The van der Waals surface area contributed by atoms with Gasteiger partial charge in [0.15, 0.2) is 11.5 Å². The van der Waals surface area contributed by atoms with Crippen molar-refractivity contribution in [3.05, 3.63) is 18.0 Å². The highest BCUT2D eigenvalue weighted by Crippen LogP contribution is 2.32. The molecule has 1 amide bonds. The molecule has 1 aromatic heterocycles. The molecular weight excluding hydrogens is 366 g/mol. The molecule has 9 nitrogen and oxygen atoms in total. The lowest BCUT2D eigenvalue weighted by Gasteiger charge is -2.32. The standard InChI is InChI=1S/C19H27N3O6/c1-18(2,3)28-17(25)22-11-13(8-19(22,4)16(23)24)20-9-12-7-14-15(10-21-12)27-6-5-26-14/h7,10,13,20H,5-6,8-9,11H2,1-4H3,(H,23,24)/t13-,19+/m1/s1. The highest BCUT2D eigenvalue weighted by molar-refractivity contribution is 5.85. The third-order valence-corrected chi connectivity index (χ3v) is 4.78. The van der Waals surface area contributed by atoms with Gasteiger partial charge in [0.1, 0.15) is 24.4 Å². The van der Waals surface area contributed by atoms with Crippen LogP contribution in [0.3, 0.4) is 0 Å². The zero-order valence-corrected chi connectivity index (χ0v) is 16.7. The summed E-state index contributed by atoms with van der Waals surface area (Å²) >= 11 is 0. The van der Waals surface area contributed by atoms with Gasteiger partial charge in [-0.15, -0.1) is 0 Å². The molecule has 0 spiro atoms. The van der Waals surface area contributed by atoms with E-state index in [1.807, 2.05) is 0 Å². The molecule has 2 aliphatic rings. The largest absolute Gasteiger partial charge is 0.486 e. The molecule has 3 heterocycles. The highest BCUT2D eigenvalue weighted by atomic mass is 16.6. The van der Waals surface area contributed by atoms with Gasteiger partial charge in [0.05, 0.1) is 11.9 Å². The number of aromatic nitrogens is 1. The summed E-state index contributed by atoms with van der Waals surface area (Å²) < 4.78 is 16.4. The van der Waals surface area contributed by atoms with E-state index < -0.39 is 23.2 Å². The second kappa shape index (κ2) is 7.46. The van der Waals surface area contributed by atoms with Crippen molar-refractivity contribution in [2.24, 2.45) is 0 Å². The van der Waals surface area contributed by atoms with E-state index in [4.69, 9.17) is 14.2 Å². The molecule has 1 fully saturated rings. The molecule has 1 aromatic rings. The average Bonchev–Trinajstić information content (AvgIpc) is 2.97. The number of fused-ring (bicyclic) bond motifs is 1. The van der Waals surface area contributed by atoms with E-state index in [1.54, 1.807) is 40.0 Å². The average molecular weight is 393 g/mol. The Morgan fingerprint density at radius 2 is 2.04 bits per heavy atom. The number of hydrogen-bond acceptors (Lipinski definition) is 7. The second-order valence-corrected chi connectivity index (χ2v) is 8.27. The van der Waals surface area contributed by atoms with Crippen LogP contribution >= 0.6 is 0 Å². The van der Waals surface area contributed by atoms with Crippen LogP contribution in [-0.4, -0.2) is 64.0 Å². The van der Waals surface area contributed by atoms with Crippen molar-refractivity contribution in [1.29, 1.82) is 0 Å². The van der Waals surface area contributed by atoms with Gasteiger partial charge in [0.25, 0.3) is 0 Å². The van der Waals surface area contributed by atoms with Gasteiger partial charge in [0, 0.05) is 25.2 Å². The van der Waals surface area contributed by atoms with Crippen LogP contribution in [0.15, 0.2) is 12.3 Å². The summed E-state index contributed by atoms with van der Waals surface area (Å²) in [5.41, 5.74) is -1.28. The van der Waals surface area contributed by atoms with Crippen LogP contribution in [0.2, 0.25) is 0 Å². The minimum absolute atomic E-state index is 0.205. The summed E-state index contributed by atoms with van der Waals surface area (Å²) in [7, 11) is 0. The van der Waals surface area contributed by atoms with E-state index in [2.05, 4.69) is 10.3 Å². The van der Waals surface area contributed by atoms with Gasteiger partial charge >= 0.3 is 12.1 Å². The Bertz CT molecular complexity index is 763. The van der Waals surface area contributed by atoms with Gasteiger partial charge < -0.3 is 24.6 Å².